The molecular formula is C19H30N4O4. The molecule has 1 heterocycles. The molecule has 150 valence electrons. The number of rotatable bonds is 8. The Labute approximate surface area is 160 Å². The predicted octanol–water partition coefficient (Wildman–Crippen LogP) is 2.37. The van der Waals surface area contributed by atoms with Crippen LogP contribution in [-0.4, -0.2) is 73.1 Å². The number of amides is 1. The van der Waals surface area contributed by atoms with Crippen molar-refractivity contribution in [1.29, 1.82) is 0 Å². The van der Waals surface area contributed by atoms with E-state index in [4.69, 9.17) is 4.74 Å². The first-order valence-electron chi connectivity index (χ1n) is 9.66. The molecule has 0 unspecified atom stereocenters. The van der Waals surface area contributed by atoms with Gasteiger partial charge < -0.3 is 14.5 Å². The second-order valence-corrected chi connectivity index (χ2v) is 6.52. The topological polar surface area (TPSA) is 79.2 Å². The highest BCUT2D eigenvalue weighted by Gasteiger charge is 2.22. The Morgan fingerprint density at radius 3 is 2.56 bits per heavy atom. The summed E-state index contributed by atoms with van der Waals surface area (Å²) in [4.78, 5) is 29.3. The summed E-state index contributed by atoms with van der Waals surface area (Å²) in [5, 5.41) is 11.2. The van der Waals surface area contributed by atoms with Crippen LogP contribution in [0.5, 0.6) is 5.75 Å². The Morgan fingerprint density at radius 2 is 1.93 bits per heavy atom. The largest absolute Gasteiger partial charge is 0.487 e. The molecule has 1 aromatic rings. The van der Waals surface area contributed by atoms with Crippen LogP contribution in [0.4, 0.5) is 11.4 Å². The lowest BCUT2D eigenvalue weighted by Crippen LogP contribution is -2.41. The molecule has 1 aliphatic heterocycles. The van der Waals surface area contributed by atoms with Gasteiger partial charge in [-0.3, -0.25) is 19.8 Å². The van der Waals surface area contributed by atoms with Gasteiger partial charge in [0.2, 0.25) is 5.91 Å². The van der Waals surface area contributed by atoms with Crippen LogP contribution in [-0.2, 0) is 4.79 Å². The SMILES string of the molecule is CCOc1cc(N2CCCN(CC(=O)N(CC)CC)CC2)ccc1[N+](=O)[O-]. The lowest BCUT2D eigenvalue weighted by Gasteiger charge is -2.25. The summed E-state index contributed by atoms with van der Waals surface area (Å²) in [7, 11) is 0. The van der Waals surface area contributed by atoms with E-state index in [-0.39, 0.29) is 11.6 Å². The van der Waals surface area contributed by atoms with E-state index in [0.29, 0.717) is 18.9 Å². The first kappa shape index (κ1) is 21.0. The number of hydrogen-bond acceptors (Lipinski definition) is 6. The standard InChI is InChI=1S/C19H30N4O4/c1-4-21(5-2)19(24)15-20-10-7-11-22(13-12-20)16-8-9-17(23(25)26)18(14-16)27-6-3/h8-9,14H,4-7,10-13,15H2,1-3H3. The molecule has 0 radical (unpaired) electrons. The van der Waals surface area contributed by atoms with Crippen LogP contribution in [0.1, 0.15) is 27.2 Å². The minimum atomic E-state index is -0.419. The fourth-order valence-electron chi connectivity index (χ4n) is 3.38. The summed E-state index contributed by atoms with van der Waals surface area (Å²) in [6, 6.07) is 5.03. The molecule has 0 N–H and O–H groups in total. The molecule has 27 heavy (non-hydrogen) atoms. The third kappa shape index (κ3) is 5.56. The molecule has 8 heteroatoms. The Bertz CT molecular complexity index is 649. The highest BCUT2D eigenvalue weighted by atomic mass is 16.6. The molecule has 1 aromatic carbocycles. The van der Waals surface area contributed by atoms with Gasteiger partial charge in [-0.05, 0) is 33.3 Å². The molecule has 1 amide bonds. The van der Waals surface area contributed by atoms with E-state index >= 15 is 0 Å². The number of hydrogen-bond donors (Lipinski definition) is 0. The lowest BCUT2D eigenvalue weighted by molar-refractivity contribution is -0.385. The number of nitrogens with zero attached hydrogens (tertiary/aromatic N) is 4. The fraction of sp³-hybridized carbons (Fsp3) is 0.632. The van der Waals surface area contributed by atoms with Gasteiger partial charge in [0.1, 0.15) is 0 Å². The van der Waals surface area contributed by atoms with Crippen LogP contribution >= 0.6 is 0 Å². The van der Waals surface area contributed by atoms with E-state index in [1.165, 1.54) is 6.07 Å². The van der Waals surface area contributed by atoms with Crippen molar-refractivity contribution in [2.45, 2.75) is 27.2 Å². The monoisotopic (exact) mass is 378 g/mol. The number of nitro groups is 1. The number of carbonyl (C=O) groups excluding carboxylic acids is 1. The summed E-state index contributed by atoms with van der Waals surface area (Å²) in [6.07, 6.45) is 0.937. The summed E-state index contributed by atoms with van der Waals surface area (Å²) < 4.78 is 5.46. The molecule has 1 fully saturated rings. The van der Waals surface area contributed by atoms with Crippen molar-refractivity contribution in [1.82, 2.24) is 9.80 Å². The third-order valence-electron chi connectivity index (χ3n) is 4.87. The van der Waals surface area contributed by atoms with E-state index in [1.54, 1.807) is 12.1 Å². The Hall–Kier alpha value is -2.35. The van der Waals surface area contributed by atoms with Gasteiger partial charge in [-0.1, -0.05) is 0 Å². The first-order chi connectivity index (χ1) is 13.0. The van der Waals surface area contributed by atoms with Crippen molar-refractivity contribution in [3.05, 3.63) is 28.3 Å². The van der Waals surface area contributed by atoms with Gasteiger partial charge in [-0.2, -0.15) is 0 Å². The van der Waals surface area contributed by atoms with Gasteiger partial charge in [-0.15, -0.1) is 0 Å². The highest BCUT2D eigenvalue weighted by Crippen LogP contribution is 2.32. The normalized spacial score (nSPS) is 15.3. The van der Waals surface area contributed by atoms with Crippen LogP contribution < -0.4 is 9.64 Å². The average Bonchev–Trinajstić information content (AvgIpc) is 2.88. The van der Waals surface area contributed by atoms with Crippen molar-refractivity contribution >= 4 is 17.3 Å². The Kier molecular flexibility index (Phi) is 7.84. The molecule has 0 spiro atoms. The van der Waals surface area contributed by atoms with Gasteiger partial charge in [0.15, 0.2) is 5.75 Å². The zero-order valence-corrected chi connectivity index (χ0v) is 16.5. The van der Waals surface area contributed by atoms with E-state index in [9.17, 15) is 14.9 Å². The molecule has 0 atom stereocenters. The van der Waals surface area contributed by atoms with Gasteiger partial charge in [0.25, 0.3) is 0 Å². The molecular weight excluding hydrogens is 348 g/mol. The minimum absolute atomic E-state index is 0.0122. The van der Waals surface area contributed by atoms with E-state index in [2.05, 4.69) is 9.80 Å². The van der Waals surface area contributed by atoms with E-state index < -0.39 is 4.92 Å². The molecule has 1 saturated heterocycles. The lowest BCUT2D eigenvalue weighted by atomic mass is 10.2. The minimum Gasteiger partial charge on any atom is -0.487 e. The average molecular weight is 378 g/mol. The van der Waals surface area contributed by atoms with Crippen LogP contribution in [0.25, 0.3) is 0 Å². The van der Waals surface area contributed by atoms with Crippen LogP contribution in [0.2, 0.25) is 0 Å². The fourth-order valence-corrected chi connectivity index (χ4v) is 3.38. The zero-order chi connectivity index (χ0) is 19.8. The van der Waals surface area contributed by atoms with Crippen molar-refractivity contribution in [3.63, 3.8) is 0 Å². The molecule has 8 nitrogen and oxygen atoms in total. The first-order valence-corrected chi connectivity index (χ1v) is 9.66. The highest BCUT2D eigenvalue weighted by molar-refractivity contribution is 5.78. The number of benzene rings is 1. The molecule has 0 saturated carbocycles. The Morgan fingerprint density at radius 1 is 1.19 bits per heavy atom. The second-order valence-electron chi connectivity index (χ2n) is 6.52. The predicted molar refractivity (Wildman–Crippen MR) is 105 cm³/mol. The van der Waals surface area contributed by atoms with Gasteiger partial charge >= 0.3 is 5.69 Å². The van der Waals surface area contributed by atoms with E-state index in [1.807, 2.05) is 25.7 Å². The van der Waals surface area contributed by atoms with Gasteiger partial charge in [-0.25, -0.2) is 0 Å². The summed E-state index contributed by atoms with van der Waals surface area (Å²) in [6.45, 7) is 11.4. The zero-order valence-electron chi connectivity index (χ0n) is 16.5. The molecule has 0 aromatic heterocycles. The van der Waals surface area contributed by atoms with Crippen LogP contribution in [0.15, 0.2) is 18.2 Å². The number of anilines is 1. The third-order valence-corrected chi connectivity index (χ3v) is 4.87. The quantitative estimate of drug-likeness (QED) is 0.510. The number of likely N-dealkylation sites (N-methyl/N-ethyl adjacent to an activating group) is 1. The maximum Gasteiger partial charge on any atom is 0.311 e. The second kappa shape index (κ2) is 10.1. The van der Waals surface area contributed by atoms with E-state index in [0.717, 1.165) is 51.4 Å². The molecule has 0 aliphatic carbocycles. The van der Waals surface area contributed by atoms with Crippen LogP contribution in [0.3, 0.4) is 0 Å². The van der Waals surface area contributed by atoms with Gasteiger partial charge in [0.05, 0.1) is 18.1 Å². The van der Waals surface area contributed by atoms with Crippen LogP contribution in [0, 0.1) is 10.1 Å². The smallest absolute Gasteiger partial charge is 0.311 e. The number of carbonyl (C=O) groups is 1. The number of ether oxygens (including phenoxy) is 1. The maximum absolute atomic E-state index is 12.3. The van der Waals surface area contributed by atoms with Crippen molar-refractivity contribution in [3.8, 4) is 5.75 Å². The molecule has 0 bridgehead atoms. The van der Waals surface area contributed by atoms with Crippen molar-refractivity contribution in [2.75, 3.05) is 57.3 Å². The van der Waals surface area contributed by atoms with Gasteiger partial charge in [0, 0.05) is 57.1 Å². The number of nitro benzene ring substituents is 1. The Balaban J connectivity index is 2.04. The summed E-state index contributed by atoms with van der Waals surface area (Å²) in [5.74, 6) is 0.472. The van der Waals surface area contributed by atoms with Crippen molar-refractivity contribution in [2.24, 2.45) is 0 Å². The van der Waals surface area contributed by atoms with Crippen molar-refractivity contribution < 1.29 is 14.5 Å². The summed E-state index contributed by atoms with van der Waals surface area (Å²) >= 11 is 0. The maximum atomic E-state index is 12.3. The summed E-state index contributed by atoms with van der Waals surface area (Å²) in [5.41, 5.74) is 0.905. The molecule has 2 rings (SSSR count). The molecule has 1 aliphatic rings.